The van der Waals surface area contributed by atoms with E-state index in [1.165, 1.54) is 5.56 Å². The minimum absolute atomic E-state index is 0.320. The second kappa shape index (κ2) is 3.72. The van der Waals surface area contributed by atoms with E-state index in [4.69, 9.17) is 9.47 Å². The van der Waals surface area contributed by atoms with Crippen LogP contribution in [0.15, 0.2) is 24.3 Å². The van der Waals surface area contributed by atoms with Crippen LogP contribution < -0.4 is 4.74 Å². The molecule has 0 aromatic heterocycles. The normalized spacial score (nSPS) is 23.2. The Kier molecular flexibility index (Phi) is 2.37. The number of ether oxygens (including phenoxy) is 2. The monoisotopic (exact) mass is 222 g/mol. The van der Waals surface area contributed by atoms with Crippen molar-refractivity contribution in [1.82, 2.24) is 0 Å². The number of fused-ring (bicyclic) bond motifs is 1. The molecule has 1 spiro atoms. The molecule has 3 heteroatoms. The molecule has 1 saturated heterocycles. The lowest BCUT2D eigenvalue weighted by Crippen LogP contribution is -2.44. The summed E-state index contributed by atoms with van der Waals surface area (Å²) >= 11 is 1.98. The van der Waals surface area contributed by atoms with Crippen molar-refractivity contribution in [2.75, 3.05) is 11.5 Å². The van der Waals surface area contributed by atoms with Gasteiger partial charge in [-0.3, -0.25) is 0 Å². The molecule has 15 heavy (non-hydrogen) atoms. The fraction of sp³-hybridized carbons (Fsp3) is 0.500. The highest BCUT2D eigenvalue weighted by Gasteiger charge is 2.38. The maximum absolute atomic E-state index is 6.02. The molecule has 2 aliphatic heterocycles. The van der Waals surface area contributed by atoms with Gasteiger partial charge in [-0.15, -0.1) is 0 Å². The van der Waals surface area contributed by atoms with E-state index in [9.17, 15) is 0 Å². The molecule has 1 aromatic carbocycles. The molecule has 0 atom stereocenters. The molecule has 2 nitrogen and oxygen atoms in total. The molecule has 3 rings (SSSR count). The van der Waals surface area contributed by atoms with Crippen molar-refractivity contribution in [3.63, 3.8) is 0 Å². The Morgan fingerprint density at radius 1 is 1.13 bits per heavy atom. The van der Waals surface area contributed by atoms with E-state index in [1.807, 2.05) is 30.0 Å². The van der Waals surface area contributed by atoms with Gasteiger partial charge in [-0.05, 0) is 17.6 Å². The highest BCUT2D eigenvalue weighted by molar-refractivity contribution is 7.99. The summed E-state index contributed by atoms with van der Waals surface area (Å²) in [5, 5.41) is 0. The second-order valence-corrected chi connectivity index (χ2v) is 5.25. The van der Waals surface area contributed by atoms with Gasteiger partial charge in [-0.2, -0.15) is 11.8 Å². The summed E-state index contributed by atoms with van der Waals surface area (Å²) in [5.74, 6) is 2.97. The SMILES string of the molecule is c1ccc2c(c1)COC1(CCSCC1)O2. The lowest BCUT2D eigenvalue weighted by molar-refractivity contribution is -0.209. The zero-order valence-corrected chi connectivity index (χ0v) is 9.39. The molecule has 80 valence electrons. The summed E-state index contributed by atoms with van der Waals surface area (Å²) in [4.78, 5) is 0. The van der Waals surface area contributed by atoms with Crippen molar-refractivity contribution in [3.8, 4) is 5.75 Å². The van der Waals surface area contributed by atoms with E-state index in [2.05, 4.69) is 6.07 Å². The van der Waals surface area contributed by atoms with Crippen LogP contribution in [0.25, 0.3) is 0 Å². The predicted octanol–water partition coefficient (Wildman–Crippen LogP) is 2.82. The Hall–Kier alpha value is -0.670. The lowest BCUT2D eigenvalue weighted by Gasteiger charge is -2.40. The van der Waals surface area contributed by atoms with Crippen molar-refractivity contribution >= 4 is 11.8 Å². The summed E-state index contributed by atoms with van der Waals surface area (Å²) in [6.45, 7) is 0.695. The number of rotatable bonds is 0. The van der Waals surface area contributed by atoms with Gasteiger partial charge < -0.3 is 9.47 Å². The molecule has 0 radical (unpaired) electrons. The van der Waals surface area contributed by atoms with E-state index >= 15 is 0 Å². The average Bonchev–Trinajstić information content (AvgIpc) is 2.30. The zero-order valence-electron chi connectivity index (χ0n) is 8.57. The first-order valence-electron chi connectivity index (χ1n) is 5.37. The third-order valence-corrected chi connectivity index (χ3v) is 4.00. The van der Waals surface area contributed by atoms with Gasteiger partial charge in [-0.1, -0.05) is 18.2 Å². The van der Waals surface area contributed by atoms with Crippen LogP contribution in [-0.2, 0) is 11.3 Å². The molecular weight excluding hydrogens is 208 g/mol. The predicted molar refractivity (Wildman–Crippen MR) is 61.1 cm³/mol. The Morgan fingerprint density at radius 2 is 1.93 bits per heavy atom. The molecule has 1 aromatic rings. The number of hydrogen-bond donors (Lipinski definition) is 0. The first-order chi connectivity index (χ1) is 7.38. The van der Waals surface area contributed by atoms with Gasteiger partial charge in [0.15, 0.2) is 0 Å². The third-order valence-electron chi connectivity index (χ3n) is 3.01. The van der Waals surface area contributed by atoms with E-state index in [-0.39, 0.29) is 5.79 Å². The summed E-state index contributed by atoms with van der Waals surface area (Å²) in [6, 6.07) is 8.16. The van der Waals surface area contributed by atoms with Crippen molar-refractivity contribution in [2.45, 2.75) is 25.2 Å². The molecule has 0 bridgehead atoms. The van der Waals surface area contributed by atoms with Crippen LogP contribution in [0.5, 0.6) is 5.75 Å². The largest absolute Gasteiger partial charge is 0.462 e. The van der Waals surface area contributed by atoms with Crippen LogP contribution in [0.3, 0.4) is 0 Å². The van der Waals surface area contributed by atoms with Crippen LogP contribution in [0.1, 0.15) is 18.4 Å². The molecule has 2 heterocycles. The number of thioether (sulfide) groups is 1. The smallest absolute Gasteiger partial charge is 0.212 e. The van der Waals surface area contributed by atoms with E-state index in [1.54, 1.807) is 0 Å². The molecule has 0 aliphatic carbocycles. The minimum Gasteiger partial charge on any atom is -0.462 e. The average molecular weight is 222 g/mol. The van der Waals surface area contributed by atoms with Crippen LogP contribution in [0, 0.1) is 0 Å². The highest BCUT2D eigenvalue weighted by atomic mass is 32.2. The van der Waals surface area contributed by atoms with Gasteiger partial charge in [-0.25, -0.2) is 0 Å². The van der Waals surface area contributed by atoms with Gasteiger partial charge in [0.1, 0.15) is 5.75 Å². The summed E-state index contributed by atoms with van der Waals surface area (Å²) < 4.78 is 11.9. The van der Waals surface area contributed by atoms with E-state index in [0.717, 1.165) is 30.1 Å². The van der Waals surface area contributed by atoms with Crippen molar-refractivity contribution in [3.05, 3.63) is 29.8 Å². The molecule has 1 fully saturated rings. The fourth-order valence-electron chi connectivity index (χ4n) is 2.09. The molecular formula is C12H14O2S. The van der Waals surface area contributed by atoms with E-state index in [0.29, 0.717) is 6.61 Å². The maximum atomic E-state index is 6.02. The molecule has 0 saturated carbocycles. The van der Waals surface area contributed by atoms with Crippen LogP contribution >= 0.6 is 11.8 Å². The minimum atomic E-state index is -0.320. The van der Waals surface area contributed by atoms with Gasteiger partial charge >= 0.3 is 0 Å². The summed E-state index contributed by atoms with van der Waals surface area (Å²) in [6.07, 6.45) is 2.01. The molecule has 0 amide bonds. The van der Waals surface area contributed by atoms with Crippen LogP contribution in [-0.4, -0.2) is 17.3 Å². The molecule has 2 aliphatic rings. The summed E-state index contributed by atoms with van der Waals surface area (Å²) in [5.41, 5.74) is 1.17. The zero-order chi connectivity index (χ0) is 10.1. The molecule has 0 N–H and O–H groups in total. The summed E-state index contributed by atoms with van der Waals surface area (Å²) in [7, 11) is 0. The van der Waals surface area contributed by atoms with Crippen molar-refractivity contribution in [2.24, 2.45) is 0 Å². The van der Waals surface area contributed by atoms with Crippen molar-refractivity contribution < 1.29 is 9.47 Å². The van der Waals surface area contributed by atoms with Gasteiger partial charge in [0.25, 0.3) is 0 Å². The van der Waals surface area contributed by atoms with Gasteiger partial charge in [0, 0.05) is 18.4 Å². The third kappa shape index (κ3) is 1.74. The number of para-hydroxylation sites is 1. The quantitative estimate of drug-likeness (QED) is 0.672. The lowest BCUT2D eigenvalue weighted by atomic mass is 10.1. The fourth-order valence-corrected chi connectivity index (χ4v) is 3.21. The Morgan fingerprint density at radius 3 is 2.80 bits per heavy atom. The Bertz CT molecular complexity index is 358. The number of benzene rings is 1. The van der Waals surface area contributed by atoms with Gasteiger partial charge in [0.2, 0.25) is 5.79 Å². The number of hydrogen-bond acceptors (Lipinski definition) is 3. The van der Waals surface area contributed by atoms with Crippen LogP contribution in [0.4, 0.5) is 0 Å². The first kappa shape index (κ1) is 9.55. The van der Waals surface area contributed by atoms with Crippen molar-refractivity contribution in [1.29, 1.82) is 0 Å². The Labute approximate surface area is 94.0 Å². The van der Waals surface area contributed by atoms with Gasteiger partial charge in [0.05, 0.1) is 6.61 Å². The van der Waals surface area contributed by atoms with E-state index < -0.39 is 0 Å². The highest BCUT2D eigenvalue weighted by Crippen LogP contribution is 2.38. The van der Waals surface area contributed by atoms with Crippen LogP contribution in [0.2, 0.25) is 0 Å². The Balaban J connectivity index is 1.87. The molecule has 0 unspecified atom stereocenters. The first-order valence-corrected chi connectivity index (χ1v) is 6.52. The maximum Gasteiger partial charge on any atom is 0.212 e. The topological polar surface area (TPSA) is 18.5 Å². The second-order valence-electron chi connectivity index (χ2n) is 4.02. The standard InChI is InChI=1S/C12H14O2S/c1-2-4-11-10(3-1)9-13-12(14-11)5-7-15-8-6-12/h1-4H,5-9H2.